The van der Waals surface area contributed by atoms with E-state index in [1.165, 1.54) is 21.3 Å². The van der Waals surface area contributed by atoms with E-state index >= 15 is 0 Å². The summed E-state index contributed by atoms with van der Waals surface area (Å²) in [5.74, 6) is 0.0354. The number of amides is 2. The molecule has 11 heteroatoms. The molecule has 0 saturated carbocycles. The van der Waals surface area contributed by atoms with Gasteiger partial charge < -0.3 is 19.5 Å². The minimum absolute atomic E-state index is 0.0290. The number of carbonyl (C=O) groups excluding carboxylic acids is 2. The number of hydrogen-bond donors (Lipinski definition) is 1. The van der Waals surface area contributed by atoms with Crippen molar-refractivity contribution in [3.63, 3.8) is 0 Å². The van der Waals surface area contributed by atoms with Gasteiger partial charge in [0, 0.05) is 18.8 Å². The molecule has 0 aromatic heterocycles. The molecule has 1 N–H and O–H groups in total. The first-order valence-corrected chi connectivity index (χ1v) is 12.5. The molecule has 4 rings (SSSR count). The van der Waals surface area contributed by atoms with Crippen molar-refractivity contribution in [1.29, 1.82) is 0 Å². The van der Waals surface area contributed by atoms with Crippen LogP contribution in [0.15, 0.2) is 47.4 Å². The van der Waals surface area contributed by atoms with Crippen LogP contribution in [0.25, 0.3) is 0 Å². The van der Waals surface area contributed by atoms with Crippen molar-refractivity contribution < 1.29 is 32.2 Å². The van der Waals surface area contributed by atoms with E-state index in [0.717, 1.165) is 0 Å². The van der Waals surface area contributed by atoms with Gasteiger partial charge in [0.1, 0.15) is 22.9 Å². The van der Waals surface area contributed by atoms with E-state index in [-0.39, 0.29) is 61.5 Å². The predicted octanol–water partition coefficient (Wildman–Crippen LogP) is 1.86. The Kier molecular flexibility index (Phi) is 7.35. The minimum Gasteiger partial charge on any atom is -0.492 e. The zero-order valence-corrected chi connectivity index (χ0v) is 19.7. The lowest BCUT2D eigenvalue weighted by molar-refractivity contribution is -0.121. The molecule has 0 spiro atoms. The number of rotatable bonds is 7. The summed E-state index contributed by atoms with van der Waals surface area (Å²) in [6, 6.07) is 11.5. The average molecular weight is 490 g/mol. The standard InChI is InChI=1S/C23H27N3O7S/c1-2-32-20-8-7-17(15-21(20)34(29,30)25-10-13-31-14-11-25)24-22(27)16-26-18-5-3-4-6-19(18)33-12-9-23(26)28/h3-8,15H,2,9-14,16H2,1H3,(H,24,27). The summed E-state index contributed by atoms with van der Waals surface area (Å²) in [5, 5.41) is 2.71. The quantitative estimate of drug-likeness (QED) is 0.631. The van der Waals surface area contributed by atoms with E-state index in [2.05, 4.69) is 5.32 Å². The fraction of sp³-hybridized carbons (Fsp3) is 0.391. The molecular formula is C23H27N3O7S. The Balaban J connectivity index is 1.56. The van der Waals surface area contributed by atoms with E-state index in [1.54, 1.807) is 37.3 Å². The Labute approximate surface area is 198 Å². The molecule has 0 aliphatic carbocycles. The first-order chi connectivity index (χ1) is 16.4. The average Bonchev–Trinajstić information content (AvgIpc) is 2.99. The van der Waals surface area contributed by atoms with Gasteiger partial charge in [-0.1, -0.05) is 12.1 Å². The largest absolute Gasteiger partial charge is 0.492 e. The summed E-state index contributed by atoms with van der Waals surface area (Å²) < 4.78 is 44.3. The summed E-state index contributed by atoms with van der Waals surface area (Å²) in [6.07, 6.45) is 0.146. The molecule has 0 unspecified atom stereocenters. The molecule has 2 aliphatic heterocycles. The Morgan fingerprint density at radius 3 is 2.65 bits per heavy atom. The van der Waals surface area contributed by atoms with Crippen LogP contribution in [-0.2, 0) is 24.3 Å². The minimum atomic E-state index is -3.86. The van der Waals surface area contributed by atoms with Crippen LogP contribution in [0.1, 0.15) is 13.3 Å². The van der Waals surface area contributed by atoms with E-state index < -0.39 is 15.9 Å². The Hall–Kier alpha value is -3.15. The van der Waals surface area contributed by atoms with Crippen molar-refractivity contribution in [2.45, 2.75) is 18.2 Å². The van der Waals surface area contributed by atoms with Gasteiger partial charge in [0.2, 0.25) is 21.8 Å². The van der Waals surface area contributed by atoms with E-state index in [4.69, 9.17) is 14.2 Å². The normalized spacial score (nSPS) is 16.9. The first-order valence-electron chi connectivity index (χ1n) is 11.1. The van der Waals surface area contributed by atoms with E-state index in [9.17, 15) is 18.0 Å². The van der Waals surface area contributed by atoms with Gasteiger partial charge in [-0.2, -0.15) is 4.31 Å². The number of ether oxygens (including phenoxy) is 3. The number of fused-ring (bicyclic) bond motifs is 1. The van der Waals surface area contributed by atoms with Gasteiger partial charge in [-0.3, -0.25) is 14.5 Å². The number of nitrogens with zero attached hydrogens (tertiary/aromatic N) is 2. The molecule has 2 heterocycles. The van der Waals surface area contributed by atoms with E-state index in [0.29, 0.717) is 24.7 Å². The Bertz CT molecular complexity index is 1160. The molecule has 0 radical (unpaired) electrons. The second-order valence-corrected chi connectivity index (χ2v) is 9.61. The lowest BCUT2D eigenvalue weighted by Gasteiger charge is -2.27. The van der Waals surface area contributed by atoms with Gasteiger partial charge in [0.15, 0.2) is 0 Å². The number of sulfonamides is 1. The monoisotopic (exact) mass is 489 g/mol. The molecule has 10 nitrogen and oxygen atoms in total. The fourth-order valence-corrected chi connectivity index (χ4v) is 5.39. The number of carbonyl (C=O) groups is 2. The smallest absolute Gasteiger partial charge is 0.246 e. The molecule has 1 fully saturated rings. The summed E-state index contributed by atoms with van der Waals surface area (Å²) in [5.41, 5.74) is 0.800. The third kappa shape index (κ3) is 5.16. The molecule has 2 aromatic rings. The predicted molar refractivity (Wildman–Crippen MR) is 125 cm³/mol. The molecule has 182 valence electrons. The number of morpholine rings is 1. The lowest BCUT2D eigenvalue weighted by Crippen LogP contribution is -2.40. The number of benzene rings is 2. The van der Waals surface area contributed by atoms with Crippen molar-refractivity contribution in [1.82, 2.24) is 4.31 Å². The third-order valence-electron chi connectivity index (χ3n) is 5.45. The molecule has 2 amide bonds. The molecule has 34 heavy (non-hydrogen) atoms. The highest BCUT2D eigenvalue weighted by atomic mass is 32.2. The van der Waals surface area contributed by atoms with Crippen LogP contribution in [0, 0.1) is 0 Å². The topological polar surface area (TPSA) is 114 Å². The van der Waals surface area contributed by atoms with Crippen molar-refractivity contribution in [3.8, 4) is 11.5 Å². The maximum Gasteiger partial charge on any atom is 0.246 e. The number of nitrogens with one attached hydrogen (secondary N) is 1. The third-order valence-corrected chi connectivity index (χ3v) is 7.37. The molecular weight excluding hydrogens is 462 g/mol. The van der Waals surface area contributed by atoms with Crippen LogP contribution >= 0.6 is 0 Å². The molecule has 2 aromatic carbocycles. The highest BCUT2D eigenvalue weighted by molar-refractivity contribution is 7.89. The van der Waals surface area contributed by atoms with Crippen LogP contribution in [0.2, 0.25) is 0 Å². The van der Waals surface area contributed by atoms with Crippen LogP contribution in [0.5, 0.6) is 11.5 Å². The number of hydrogen-bond acceptors (Lipinski definition) is 7. The first kappa shape index (κ1) is 24.0. The van der Waals surface area contributed by atoms with Crippen molar-refractivity contribution >= 4 is 33.2 Å². The second-order valence-electron chi connectivity index (χ2n) is 7.71. The maximum atomic E-state index is 13.3. The fourth-order valence-electron chi connectivity index (χ4n) is 3.83. The Morgan fingerprint density at radius 1 is 1.12 bits per heavy atom. The maximum absolute atomic E-state index is 13.3. The van der Waals surface area contributed by atoms with Gasteiger partial charge in [-0.25, -0.2) is 8.42 Å². The second kappa shape index (κ2) is 10.4. The van der Waals surface area contributed by atoms with Gasteiger partial charge in [0.25, 0.3) is 0 Å². The van der Waals surface area contributed by atoms with Crippen LogP contribution in [0.3, 0.4) is 0 Å². The van der Waals surface area contributed by atoms with Crippen molar-refractivity contribution in [3.05, 3.63) is 42.5 Å². The summed E-state index contributed by atoms with van der Waals surface area (Å²) in [6.45, 7) is 3.15. The highest BCUT2D eigenvalue weighted by Crippen LogP contribution is 2.32. The summed E-state index contributed by atoms with van der Waals surface area (Å²) in [7, 11) is -3.86. The summed E-state index contributed by atoms with van der Waals surface area (Å²) in [4.78, 5) is 26.8. The Morgan fingerprint density at radius 2 is 1.88 bits per heavy atom. The molecule has 0 bridgehead atoms. The molecule has 1 saturated heterocycles. The SMILES string of the molecule is CCOc1ccc(NC(=O)CN2C(=O)CCOc3ccccc32)cc1S(=O)(=O)N1CCOCC1. The van der Waals surface area contributed by atoms with Crippen LogP contribution in [0.4, 0.5) is 11.4 Å². The highest BCUT2D eigenvalue weighted by Gasteiger charge is 2.30. The van der Waals surface area contributed by atoms with Crippen LogP contribution in [-0.4, -0.2) is 70.6 Å². The number of anilines is 2. The van der Waals surface area contributed by atoms with Crippen LogP contribution < -0.4 is 19.7 Å². The zero-order chi connectivity index (χ0) is 24.1. The number of para-hydroxylation sites is 2. The van der Waals surface area contributed by atoms with Crippen molar-refractivity contribution in [2.24, 2.45) is 0 Å². The van der Waals surface area contributed by atoms with Gasteiger partial charge >= 0.3 is 0 Å². The van der Waals surface area contributed by atoms with Gasteiger partial charge in [0.05, 0.1) is 38.5 Å². The zero-order valence-electron chi connectivity index (χ0n) is 18.9. The van der Waals surface area contributed by atoms with Gasteiger partial charge in [-0.15, -0.1) is 0 Å². The molecule has 0 atom stereocenters. The van der Waals surface area contributed by atoms with Crippen molar-refractivity contribution in [2.75, 3.05) is 56.3 Å². The van der Waals surface area contributed by atoms with E-state index in [1.807, 2.05) is 0 Å². The lowest BCUT2D eigenvalue weighted by atomic mass is 10.2. The molecule has 2 aliphatic rings. The van der Waals surface area contributed by atoms with Gasteiger partial charge in [-0.05, 0) is 37.3 Å². The summed E-state index contributed by atoms with van der Waals surface area (Å²) >= 11 is 0.